The second kappa shape index (κ2) is 11.1. The largest absolute Gasteiger partial charge is 0.343 e. The summed E-state index contributed by atoms with van der Waals surface area (Å²) in [6, 6.07) is 7.41. The Balaban J connectivity index is 1.63. The average molecular weight is 456 g/mol. The number of benzene rings is 1. The van der Waals surface area contributed by atoms with Crippen molar-refractivity contribution in [3.8, 4) is 0 Å². The molecule has 1 aliphatic carbocycles. The summed E-state index contributed by atoms with van der Waals surface area (Å²) in [5.41, 5.74) is 0.924. The SMILES string of the molecule is CC(=O)NC1(c2noc(CCC(=O)Nc3ccccc3CN(C)C(C)=O)n2)CCCCCC1. The number of anilines is 1. The zero-order chi connectivity index (χ0) is 23.8. The van der Waals surface area contributed by atoms with Crippen LogP contribution >= 0.6 is 0 Å². The highest BCUT2D eigenvalue weighted by Gasteiger charge is 2.38. The first-order valence-electron chi connectivity index (χ1n) is 11.5. The predicted octanol–water partition coefficient (Wildman–Crippen LogP) is 3.30. The molecule has 1 fully saturated rings. The highest BCUT2D eigenvalue weighted by atomic mass is 16.5. The van der Waals surface area contributed by atoms with E-state index in [0.717, 1.165) is 44.1 Å². The van der Waals surface area contributed by atoms with Gasteiger partial charge in [-0.2, -0.15) is 4.98 Å². The van der Waals surface area contributed by atoms with E-state index in [1.54, 1.807) is 11.9 Å². The Bertz CT molecular complexity index is 979. The van der Waals surface area contributed by atoms with Crippen LogP contribution in [0.5, 0.6) is 0 Å². The monoisotopic (exact) mass is 455 g/mol. The number of aryl methyl sites for hydroxylation is 1. The molecule has 2 aromatic rings. The van der Waals surface area contributed by atoms with Gasteiger partial charge in [-0.15, -0.1) is 0 Å². The molecule has 0 unspecified atom stereocenters. The summed E-state index contributed by atoms with van der Waals surface area (Å²) in [5.74, 6) is 0.524. The van der Waals surface area contributed by atoms with Crippen LogP contribution in [-0.2, 0) is 32.9 Å². The van der Waals surface area contributed by atoms with Gasteiger partial charge in [0.2, 0.25) is 23.6 Å². The van der Waals surface area contributed by atoms with Gasteiger partial charge in [0.25, 0.3) is 0 Å². The van der Waals surface area contributed by atoms with Gasteiger partial charge in [0.15, 0.2) is 5.82 Å². The lowest BCUT2D eigenvalue weighted by atomic mass is 9.89. The second-order valence-corrected chi connectivity index (χ2v) is 8.77. The molecular weight excluding hydrogens is 422 g/mol. The zero-order valence-electron chi connectivity index (χ0n) is 19.6. The van der Waals surface area contributed by atoms with Gasteiger partial charge in [0.05, 0.1) is 0 Å². The van der Waals surface area contributed by atoms with Crippen molar-refractivity contribution < 1.29 is 18.9 Å². The summed E-state index contributed by atoms with van der Waals surface area (Å²) >= 11 is 0. The number of para-hydroxylation sites is 1. The summed E-state index contributed by atoms with van der Waals surface area (Å²) in [6.45, 7) is 3.42. The maximum atomic E-state index is 12.6. The lowest BCUT2D eigenvalue weighted by molar-refractivity contribution is -0.128. The molecule has 0 radical (unpaired) electrons. The Morgan fingerprint density at radius 1 is 1.09 bits per heavy atom. The van der Waals surface area contributed by atoms with Crippen molar-refractivity contribution in [2.45, 2.75) is 77.3 Å². The molecule has 1 aromatic carbocycles. The molecule has 9 heteroatoms. The van der Waals surface area contributed by atoms with Gasteiger partial charge in [-0.25, -0.2) is 0 Å². The van der Waals surface area contributed by atoms with Crippen molar-refractivity contribution >= 4 is 23.4 Å². The lowest BCUT2D eigenvalue weighted by Gasteiger charge is -2.30. The number of amides is 3. The minimum absolute atomic E-state index is 0.0472. The van der Waals surface area contributed by atoms with Gasteiger partial charge in [0, 0.05) is 46.0 Å². The molecule has 1 saturated carbocycles. The van der Waals surface area contributed by atoms with Crippen LogP contribution in [0.15, 0.2) is 28.8 Å². The molecule has 33 heavy (non-hydrogen) atoms. The Kier molecular flexibility index (Phi) is 8.19. The molecule has 0 aliphatic heterocycles. The number of aromatic nitrogens is 2. The van der Waals surface area contributed by atoms with E-state index in [9.17, 15) is 14.4 Å². The van der Waals surface area contributed by atoms with Crippen LogP contribution in [0.2, 0.25) is 0 Å². The van der Waals surface area contributed by atoms with Crippen LogP contribution in [0.4, 0.5) is 5.69 Å². The fraction of sp³-hybridized carbons (Fsp3) is 0.542. The van der Waals surface area contributed by atoms with Gasteiger partial charge in [-0.3, -0.25) is 14.4 Å². The smallest absolute Gasteiger partial charge is 0.227 e. The van der Waals surface area contributed by atoms with Crippen LogP contribution in [0.3, 0.4) is 0 Å². The summed E-state index contributed by atoms with van der Waals surface area (Å²) in [7, 11) is 1.72. The quantitative estimate of drug-likeness (QED) is 0.590. The molecule has 9 nitrogen and oxygen atoms in total. The number of nitrogens with one attached hydrogen (secondary N) is 2. The first kappa shape index (κ1) is 24.4. The van der Waals surface area contributed by atoms with E-state index >= 15 is 0 Å². The molecule has 3 amide bonds. The van der Waals surface area contributed by atoms with Crippen LogP contribution in [-0.4, -0.2) is 39.8 Å². The van der Waals surface area contributed by atoms with E-state index in [1.165, 1.54) is 13.8 Å². The Labute approximate surface area is 194 Å². The van der Waals surface area contributed by atoms with E-state index in [1.807, 2.05) is 24.3 Å². The summed E-state index contributed by atoms with van der Waals surface area (Å²) in [4.78, 5) is 42.1. The van der Waals surface area contributed by atoms with E-state index in [4.69, 9.17) is 4.52 Å². The maximum absolute atomic E-state index is 12.6. The van der Waals surface area contributed by atoms with Gasteiger partial charge in [-0.05, 0) is 24.5 Å². The summed E-state index contributed by atoms with van der Waals surface area (Å²) in [6.07, 6.45) is 6.24. The molecule has 0 spiro atoms. The maximum Gasteiger partial charge on any atom is 0.227 e. The van der Waals surface area contributed by atoms with Crippen molar-refractivity contribution in [3.63, 3.8) is 0 Å². The number of carbonyl (C=O) groups is 3. The summed E-state index contributed by atoms with van der Waals surface area (Å²) in [5, 5.41) is 10.1. The highest BCUT2D eigenvalue weighted by molar-refractivity contribution is 5.91. The number of carbonyl (C=O) groups excluding carboxylic acids is 3. The van der Waals surface area contributed by atoms with Crippen molar-refractivity contribution in [2.24, 2.45) is 0 Å². The fourth-order valence-electron chi connectivity index (χ4n) is 4.20. The molecule has 2 N–H and O–H groups in total. The van der Waals surface area contributed by atoms with Gasteiger partial charge in [0.1, 0.15) is 5.54 Å². The van der Waals surface area contributed by atoms with E-state index in [2.05, 4.69) is 20.8 Å². The van der Waals surface area contributed by atoms with Crippen molar-refractivity contribution in [3.05, 3.63) is 41.5 Å². The topological polar surface area (TPSA) is 117 Å². The molecule has 0 saturated heterocycles. The van der Waals surface area contributed by atoms with Crippen LogP contribution < -0.4 is 10.6 Å². The number of hydrogen-bond donors (Lipinski definition) is 2. The predicted molar refractivity (Wildman–Crippen MR) is 123 cm³/mol. The van der Waals surface area contributed by atoms with Crippen LogP contribution in [0.1, 0.15) is 76.1 Å². The molecule has 0 bridgehead atoms. The van der Waals surface area contributed by atoms with Crippen molar-refractivity contribution in [2.75, 3.05) is 12.4 Å². The Hall–Kier alpha value is -3.23. The van der Waals surface area contributed by atoms with Gasteiger partial charge >= 0.3 is 0 Å². The molecule has 178 valence electrons. The highest BCUT2D eigenvalue weighted by Crippen LogP contribution is 2.34. The van der Waals surface area contributed by atoms with Crippen molar-refractivity contribution in [1.29, 1.82) is 0 Å². The molecule has 1 aliphatic rings. The van der Waals surface area contributed by atoms with Crippen molar-refractivity contribution in [1.82, 2.24) is 20.4 Å². The third kappa shape index (κ3) is 6.63. The first-order chi connectivity index (χ1) is 15.8. The lowest BCUT2D eigenvalue weighted by Crippen LogP contribution is -2.45. The van der Waals surface area contributed by atoms with Crippen LogP contribution in [0.25, 0.3) is 0 Å². The second-order valence-electron chi connectivity index (χ2n) is 8.77. The third-order valence-corrected chi connectivity index (χ3v) is 6.07. The molecule has 0 atom stereocenters. The van der Waals surface area contributed by atoms with Crippen LogP contribution in [0, 0.1) is 0 Å². The zero-order valence-corrected chi connectivity index (χ0v) is 19.6. The van der Waals surface area contributed by atoms with Gasteiger partial charge in [-0.1, -0.05) is 49.0 Å². The van der Waals surface area contributed by atoms with E-state index < -0.39 is 5.54 Å². The number of rotatable bonds is 8. The fourth-order valence-corrected chi connectivity index (χ4v) is 4.20. The van der Waals surface area contributed by atoms with Gasteiger partial charge < -0.3 is 20.1 Å². The number of nitrogens with zero attached hydrogens (tertiary/aromatic N) is 3. The minimum Gasteiger partial charge on any atom is -0.343 e. The minimum atomic E-state index is -0.603. The Morgan fingerprint density at radius 3 is 2.45 bits per heavy atom. The number of hydrogen-bond acceptors (Lipinski definition) is 6. The standard InChI is InChI=1S/C24H33N5O4/c1-17(30)27-24(14-8-4-5-9-15-24)23-26-22(33-28-23)13-12-21(32)25-20-11-7-6-10-19(20)16-29(3)18(2)31/h6-7,10-11H,4-5,8-9,12-16H2,1-3H3,(H,25,32)(H,27,30). The average Bonchev–Trinajstić information content (AvgIpc) is 3.13. The Morgan fingerprint density at radius 2 is 1.79 bits per heavy atom. The third-order valence-electron chi connectivity index (χ3n) is 6.07. The molecule has 1 aromatic heterocycles. The first-order valence-corrected chi connectivity index (χ1v) is 11.5. The molecule has 3 rings (SSSR count). The van der Waals surface area contributed by atoms with E-state index in [-0.39, 0.29) is 24.1 Å². The molecular formula is C24H33N5O4. The normalized spacial score (nSPS) is 15.4. The molecule has 1 heterocycles. The van der Waals surface area contributed by atoms with E-state index in [0.29, 0.717) is 30.4 Å². The summed E-state index contributed by atoms with van der Waals surface area (Å²) < 4.78 is 5.43.